The molecule has 0 radical (unpaired) electrons. The van der Waals surface area contributed by atoms with E-state index in [4.69, 9.17) is 35.8 Å². The third-order valence-electron chi connectivity index (χ3n) is 9.39. The van der Waals surface area contributed by atoms with Crippen LogP contribution in [0.3, 0.4) is 0 Å². The van der Waals surface area contributed by atoms with Crippen LogP contribution >= 0.6 is 34.7 Å². The lowest BCUT2D eigenvalue weighted by Gasteiger charge is -2.27. The average Bonchev–Trinajstić information content (AvgIpc) is 3.93. The van der Waals surface area contributed by atoms with Crippen molar-refractivity contribution in [1.82, 2.24) is 20.6 Å². The summed E-state index contributed by atoms with van der Waals surface area (Å²) >= 11 is 9.01. The summed E-state index contributed by atoms with van der Waals surface area (Å²) in [5, 5.41) is 30.3. The third kappa shape index (κ3) is 12.1. The highest BCUT2D eigenvalue weighted by Crippen LogP contribution is 2.40. The van der Waals surface area contributed by atoms with Crippen LogP contribution in [-0.2, 0) is 24.8 Å². The van der Waals surface area contributed by atoms with Gasteiger partial charge in [-0.05, 0) is 76.3 Å². The molecule has 2 N–H and O–H groups in total. The van der Waals surface area contributed by atoms with Crippen LogP contribution in [0.1, 0.15) is 77.6 Å². The Hall–Kier alpha value is -5.35. The Morgan fingerprint density at radius 3 is 2.24 bits per heavy atom. The second-order valence-corrected chi connectivity index (χ2v) is 17.3. The summed E-state index contributed by atoms with van der Waals surface area (Å²) in [7, 11) is 0. The Morgan fingerprint density at radius 2 is 1.61 bits per heavy atom. The predicted molar refractivity (Wildman–Crippen MR) is 229 cm³/mol. The molecule has 1 aliphatic heterocycles. The van der Waals surface area contributed by atoms with Gasteiger partial charge in [-0.1, -0.05) is 67.9 Å². The maximum atomic E-state index is 13.1. The van der Waals surface area contributed by atoms with Crippen molar-refractivity contribution in [1.29, 1.82) is 10.5 Å². The number of rotatable bonds is 16. The van der Waals surface area contributed by atoms with Crippen molar-refractivity contribution in [3.8, 4) is 39.6 Å². The Labute approximate surface area is 358 Å². The first-order valence-electron chi connectivity index (χ1n) is 19.4. The number of carbonyl (C=O) groups excluding carboxylic acids is 3. The van der Waals surface area contributed by atoms with Crippen molar-refractivity contribution in [3.05, 3.63) is 75.8 Å². The molecule has 2 amide bonds. The number of anilines is 1. The van der Waals surface area contributed by atoms with E-state index in [1.54, 1.807) is 45.0 Å². The van der Waals surface area contributed by atoms with Gasteiger partial charge in [0.15, 0.2) is 0 Å². The summed E-state index contributed by atoms with van der Waals surface area (Å²) in [5.74, 6) is 0.103. The van der Waals surface area contributed by atoms with Crippen LogP contribution in [0.5, 0.6) is 5.75 Å². The SMILES string of the molecule is CCC(C)[C@H](NC(=O)OC(C)(C)C)C(=O)N[C@@H](C)C(=O)OCCOc1ccc(-c2c(C#N)c(SCc3csc(-c4ccc(Cl)cc4)n3)nc(N3CCCC3)c2C#N)cc1. The molecule has 1 fully saturated rings. The monoisotopic (exact) mass is 857 g/mol. The maximum absolute atomic E-state index is 13.1. The number of hydrogen-bond donors (Lipinski definition) is 2. The van der Waals surface area contributed by atoms with Crippen LogP contribution in [0, 0.1) is 28.6 Å². The molecule has 0 saturated carbocycles. The molecule has 1 aliphatic rings. The van der Waals surface area contributed by atoms with Gasteiger partial charge < -0.3 is 29.7 Å². The molecule has 0 bridgehead atoms. The number of nitriles is 2. The zero-order valence-electron chi connectivity index (χ0n) is 34.0. The fourth-order valence-electron chi connectivity index (χ4n) is 6.20. The van der Waals surface area contributed by atoms with Gasteiger partial charge in [0.25, 0.3) is 0 Å². The highest BCUT2D eigenvalue weighted by atomic mass is 35.5. The van der Waals surface area contributed by atoms with Gasteiger partial charge in [-0.3, -0.25) is 4.79 Å². The van der Waals surface area contributed by atoms with Gasteiger partial charge in [0.05, 0.1) is 11.3 Å². The molecule has 2 aromatic carbocycles. The molecule has 13 nitrogen and oxygen atoms in total. The first-order chi connectivity index (χ1) is 28.2. The van der Waals surface area contributed by atoms with Crippen LogP contribution in [0.25, 0.3) is 21.7 Å². The number of thioether (sulfide) groups is 1. The number of carbonyl (C=O) groups is 3. The Kier molecular flexibility index (Phi) is 15.6. The normalized spacial score (nSPS) is 14.0. The molecule has 0 spiro atoms. The van der Waals surface area contributed by atoms with Gasteiger partial charge in [-0.25, -0.2) is 19.6 Å². The minimum Gasteiger partial charge on any atom is -0.490 e. The minimum absolute atomic E-state index is 0.0276. The lowest BCUT2D eigenvalue weighted by atomic mass is 9.96. The average molecular weight is 858 g/mol. The number of thiazole rings is 1. The number of halogens is 1. The standard InChI is InChI=1S/C43H48ClN7O6S2/c1-7-26(2)36(49-42(54)57-43(4,5)6)38(52)47-27(3)41(53)56-21-20-55-32-16-12-28(13-17-32)35-33(22-45)37(51-18-8-9-19-51)50-40(34(35)23-46)59-25-31-24-58-39(48-31)29-10-14-30(44)15-11-29/h10-17,24,26-27,36H,7-9,18-21,25H2,1-6H3,(H,47,52)(H,49,54)/t26?,27-,36-/m0/s1. The van der Waals surface area contributed by atoms with Crippen molar-refractivity contribution in [2.75, 3.05) is 31.2 Å². The second kappa shape index (κ2) is 20.6. The van der Waals surface area contributed by atoms with Gasteiger partial charge in [0.1, 0.15) is 70.2 Å². The van der Waals surface area contributed by atoms with Gasteiger partial charge in [-0.15, -0.1) is 11.3 Å². The zero-order chi connectivity index (χ0) is 42.7. The molecule has 2 aromatic heterocycles. The zero-order valence-corrected chi connectivity index (χ0v) is 36.4. The summed E-state index contributed by atoms with van der Waals surface area (Å²) in [4.78, 5) is 50.0. The number of ether oxygens (including phenoxy) is 3. The van der Waals surface area contributed by atoms with E-state index in [2.05, 4.69) is 27.7 Å². The topological polar surface area (TPSA) is 180 Å². The summed E-state index contributed by atoms with van der Waals surface area (Å²) in [6.45, 7) is 11.9. The highest BCUT2D eigenvalue weighted by Gasteiger charge is 2.31. The molecule has 16 heteroatoms. The number of hydrogen-bond acceptors (Lipinski definition) is 13. The molecule has 4 aromatic rings. The van der Waals surface area contributed by atoms with E-state index in [0.29, 0.717) is 56.0 Å². The molecule has 3 heterocycles. The lowest BCUT2D eigenvalue weighted by Crippen LogP contribution is -2.54. The van der Waals surface area contributed by atoms with E-state index in [1.807, 2.05) is 43.5 Å². The fraction of sp³-hybridized carbons (Fsp3) is 0.419. The number of nitrogens with zero attached hydrogens (tertiary/aromatic N) is 5. The molecule has 1 saturated heterocycles. The predicted octanol–water partition coefficient (Wildman–Crippen LogP) is 8.53. The molecule has 1 unspecified atom stereocenters. The number of nitrogens with one attached hydrogen (secondary N) is 2. The first-order valence-corrected chi connectivity index (χ1v) is 21.6. The van der Waals surface area contributed by atoms with E-state index in [1.165, 1.54) is 30.0 Å². The second-order valence-electron chi connectivity index (χ2n) is 15.0. The molecule has 3 atom stereocenters. The summed E-state index contributed by atoms with van der Waals surface area (Å²) in [6, 6.07) is 17.3. The van der Waals surface area contributed by atoms with E-state index in [9.17, 15) is 24.9 Å². The summed E-state index contributed by atoms with van der Waals surface area (Å²) in [5.41, 5.74) is 2.88. The third-order valence-corrected chi connectivity index (χ3v) is 11.6. The van der Waals surface area contributed by atoms with E-state index in [-0.39, 0.29) is 19.1 Å². The molecule has 310 valence electrons. The highest BCUT2D eigenvalue weighted by molar-refractivity contribution is 7.98. The van der Waals surface area contributed by atoms with Gasteiger partial charge in [-0.2, -0.15) is 10.5 Å². The van der Waals surface area contributed by atoms with Gasteiger partial charge in [0, 0.05) is 40.4 Å². The fourth-order valence-corrected chi connectivity index (χ4v) is 8.13. The minimum atomic E-state index is -0.986. The first kappa shape index (κ1) is 44.7. The van der Waals surface area contributed by atoms with Crippen molar-refractivity contribution in [2.45, 2.75) is 89.3 Å². The molecular weight excluding hydrogens is 810 g/mol. The summed E-state index contributed by atoms with van der Waals surface area (Å²) in [6.07, 6.45) is 1.85. The van der Waals surface area contributed by atoms with E-state index in [0.717, 1.165) is 42.2 Å². The molecule has 5 rings (SSSR count). The van der Waals surface area contributed by atoms with E-state index < -0.39 is 35.7 Å². The number of amides is 2. The molecular formula is C43H48ClN7O6S2. The largest absolute Gasteiger partial charge is 0.490 e. The summed E-state index contributed by atoms with van der Waals surface area (Å²) < 4.78 is 16.5. The Morgan fingerprint density at radius 1 is 0.949 bits per heavy atom. The van der Waals surface area contributed by atoms with Gasteiger partial charge in [0.2, 0.25) is 5.91 Å². The number of esters is 1. The smallest absolute Gasteiger partial charge is 0.408 e. The van der Waals surface area contributed by atoms with Crippen LogP contribution in [0.4, 0.5) is 10.6 Å². The van der Waals surface area contributed by atoms with Crippen molar-refractivity contribution < 1.29 is 28.6 Å². The lowest BCUT2D eigenvalue weighted by molar-refractivity contribution is -0.148. The maximum Gasteiger partial charge on any atom is 0.408 e. The van der Waals surface area contributed by atoms with E-state index >= 15 is 0 Å². The Bertz CT molecular complexity index is 2190. The van der Waals surface area contributed by atoms with Crippen molar-refractivity contribution in [3.63, 3.8) is 0 Å². The number of benzene rings is 2. The van der Waals surface area contributed by atoms with Gasteiger partial charge >= 0.3 is 12.1 Å². The van der Waals surface area contributed by atoms with Crippen LogP contribution in [-0.4, -0.2) is 71.9 Å². The molecule has 59 heavy (non-hydrogen) atoms. The quantitative estimate of drug-likeness (QED) is 0.0624. The van der Waals surface area contributed by atoms with Crippen molar-refractivity contribution >= 4 is 58.5 Å². The number of pyridine rings is 1. The van der Waals surface area contributed by atoms with Crippen LogP contribution in [0.15, 0.2) is 58.9 Å². The van der Waals surface area contributed by atoms with Crippen LogP contribution in [0.2, 0.25) is 5.02 Å². The van der Waals surface area contributed by atoms with Crippen molar-refractivity contribution in [2.24, 2.45) is 5.92 Å². The van der Waals surface area contributed by atoms with Crippen LogP contribution < -0.4 is 20.3 Å². The number of alkyl carbamates (subject to hydrolysis) is 1. The molecule has 0 aliphatic carbocycles. The number of aromatic nitrogens is 2. The Balaban J connectivity index is 1.23.